The summed E-state index contributed by atoms with van der Waals surface area (Å²) < 4.78 is 28.3. The number of hydrogen-bond acceptors (Lipinski definition) is 7. The van der Waals surface area contributed by atoms with Crippen LogP contribution in [0.2, 0.25) is 0 Å². The number of ether oxygens (including phenoxy) is 5. The van der Waals surface area contributed by atoms with Gasteiger partial charge in [0.15, 0.2) is 0 Å². The molecule has 3 aromatic carbocycles. The molecule has 7 heteroatoms. The number of rotatable bonds is 19. The molecule has 0 aliphatic carbocycles. The molecule has 3 aromatic rings. The fourth-order valence-corrected chi connectivity index (χ4v) is 4.04. The van der Waals surface area contributed by atoms with Crippen LogP contribution in [0.4, 0.5) is 0 Å². The van der Waals surface area contributed by atoms with Crippen molar-refractivity contribution in [3.63, 3.8) is 0 Å². The van der Waals surface area contributed by atoms with Crippen LogP contribution < -0.4 is 18.9 Å². The zero-order valence-electron chi connectivity index (χ0n) is 24.7. The Morgan fingerprint density at radius 1 is 0.714 bits per heavy atom. The van der Waals surface area contributed by atoms with Gasteiger partial charge >= 0.3 is 11.9 Å². The summed E-state index contributed by atoms with van der Waals surface area (Å²) in [6.45, 7) is 8.84. The van der Waals surface area contributed by atoms with Gasteiger partial charge in [-0.05, 0) is 79.1 Å². The van der Waals surface area contributed by atoms with E-state index in [-0.39, 0.29) is 0 Å². The molecule has 1 unspecified atom stereocenters. The SMILES string of the molecule is C=CC(=O)OC(CCCCC)Oc1ccc(C(=O)Oc2ccc(COc3ccc(OCCCCCC)cc3)cc2)cc1. The summed E-state index contributed by atoms with van der Waals surface area (Å²) >= 11 is 0. The minimum atomic E-state index is -0.721. The van der Waals surface area contributed by atoms with Gasteiger partial charge in [0.05, 0.1) is 12.2 Å². The van der Waals surface area contributed by atoms with Crippen LogP contribution >= 0.6 is 0 Å². The van der Waals surface area contributed by atoms with Crippen LogP contribution in [0.15, 0.2) is 85.5 Å². The number of carbonyl (C=O) groups is 2. The molecule has 0 fully saturated rings. The van der Waals surface area contributed by atoms with Crippen LogP contribution in [0.25, 0.3) is 0 Å². The van der Waals surface area contributed by atoms with E-state index >= 15 is 0 Å². The highest BCUT2D eigenvalue weighted by atomic mass is 16.7. The molecular formula is C35H42O7. The molecule has 0 bridgehead atoms. The smallest absolute Gasteiger partial charge is 0.343 e. The van der Waals surface area contributed by atoms with Gasteiger partial charge in [-0.1, -0.05) is 64.7 Å². The van der Waals surface area contributed by atoms with Crippen molar-refractivity contribution in [2.75, 3.05) is 6.61 Å². The first-order valence-corrected chi connectivity index (χ1v) is 14.8. The Labute approximate surface area is 249 Å². The minimum Gasteiger partial charge on any atom is -0.494 e. The number of unbranched alkanes of at least 4 members (excludes halogenated alkanes) is 5. The average Bonchev–Trinajstić information content (AvgIpc) is 3.01. The van der Waals surface area contributed by atoms with Gasteiger partial charge in [0.1, 0.15) is 29.6 Å². The highest BCUT2D eigenvalue weighted by Gasteiger charge is 2.15. The second-order valence-corrected chi connectivity index (χ2v) is 9.91. The van der Waals surface area contributed by atoms with Crippen LogP contribution in [-0.4, -0.2) is 24.8 Å². The summed E-state index contributed by atoms with van der Waals surface area (Å²) in [6.07, 6.45) is 8.58. The molecule has 0 saturated carbocycles. The molecule has 1 atom stereocenters. The van der Waals surface area contributed by atoms with E-state index < -0.39 is 18.2 Å². The van der Waals surface area contributed by atoms with Gasteiger partial charge in [0, 0.05) is 12.5 Å². The molecular weight excluding hydrogens is 532 g/mol. The topological polar surface area (TPSA) is 80.3 Å². The van der Waals surface area contributed by atoms with Gasteiger partial charge < -0.3 is 23.7 Å². The fraction of sp³-hybridized carbons (Fsp3) is 0.371. The van der Waals surface area contributed by atoms with Crippen molar-refractivity contribution >= 4 is 11.9 Å². The van der Waals surface area contributed by atoms with Gasteiger partial charge in [-0.3, -0.25) is 0 Å². The zero-order chi connectivity index (χ0) is 30.0. The Hall–Kier alpha value is -4.26. The lowest BCUT2D eigenvalue weighted by atomic mass is 10.2. The van der Waals surface area contributed by atoms with Crippen molar-refractivity contribution in [2.24, 2.45) is 0 Å². The first-order valence-electron chi connectivity index (χ1n) is 14.8. The van der Waals surface area contributed by atoms with Crippen LogP contribution in [0, 0.1) is 0 Å². The molecule has 3 rings (SSSR count). The van der Waals surface area contributed by atoms with Crippen LogP contribution in [0.5, 0.6) is 23.0 Å². The lowest BCUT2D eigenvalue weighted by molar-refractivity contribution is -0.158. The Morgan fingerprint density at radius 2 is 1.31 bits per heavy atom. The summed E-state index contributed by atoms with van der Waals surface area (Å²) in [4.78, 5) is 24.3. The summed E-state index contributed by atoms with van der Waals surface area (Å²) in [7, 11) is 0. The number of esters is 2. The van der Waals surface area contributed by atoms with Crippen molar-refractivity contribution in [3.05, 3.63) is 96.6 Å². The van der Waals surface area contributed by atoms with E-state index in [0.29, 0.717) is 30.1 Å². The van der Waals surface area contributed by atoms with Gasteiger partial charge in [-0.25, -0.2) is 9.59 Å². The van der Waals surface area contributed by atoms with E-state index in [1.54, 1.807) is 36.4 Å². The van der Waals surface area contributed by atoms with Gasteiger partial charge in [-0.2, -0.15) is 0 Å². The Bertz CT molecular complexity index is 1220. The standard InChI is InChI=1S/C35H42O7/c1-4-7-9-11-25-38-29-21-23-30(24-22-29)39-26-27-13-17-32(18-14-27)41-35(37)28-15-19-31(20-16-28)40-34(12-10-8-5-2)42-33(36)6-3/h6,13-24,34H,3-5,7-12,25-26H2,1-2H3. The summed E-state index contributed by atoms with van der Waals surface area (Å²) in [6, 6.07) is 21.3. The molecule has 224 valence electrons. The molecule has 42 heavy (non-hydrogen) atoms. The molecule has 0 N–H and O–H groups in total. The largest absolute Gasteiger partial charge is 0.494 e. The quantitative estimate of drug-likeness (QED) is 0.0467. The van der Waals surface area contributed by atoms with E-state index in [4.69, 9.17) is 23.7 Å². The Morgan fingerprint density at radius 3 is 1.95 bits per heavy atom. The minimum absolute atomic E-state index is 0.369. The highest BCUT2D eigenvalue weighted by molar-refractivity contribution is 5.91. The average molecular weight is 575 g/mol. The van der Waals surface area contributed by atoms with Crippen LogP contribution in [0.1, 0.15) is 81.1 Å². The third kappa shape index (κ3) is 11.7. The summed E-state index contributed by atoms with van der Waals surface area (Å²) in [5.74, 6) is 1.48. The van der Waals surface area contributed by atoms with E-state index in [1.165, 1.54) is 19.3 Å². The van der Waals surface area contributed by atoms with Crippen molar-refractivity contribution in [1.82, 2.24) is 0 Å². The second-order valence-electron chi connectivity index (χ2n) is 9.91. The number of carbonyl (C=O) groups excluding carboxylic acids is 2. The molecule has 0 radical (unpaired) electrons. The van der Waals surface area contributed by atoms with Crippen molar-refractivity contribution in [2.45, 2.75) is 78.1 Å². The maximum atomic E-state index is 12.7. The molecule has 0 spiro atoms. The summed E-state index contributed by atoms with van der Waals surface area (Å²) in [5, 5.41) is 0. The first-order chi connectivity index (χ1) is 20.5. The highest BCUT2D eigenvalue weighted by Crippen LogP contribution is 2.22. The van der Waals surface area contributed by atoms with Crippen molar-refractivity contribution < 1.29 is 33.3 Å². The fourth-order valence-electron chi connectivity index (χ4n) is 4.04. The van der Waals surface area contributed by atoms with Gasteiger partial charge in [0.2, 0.25) is 6.29 Å². The number of hydrogen-bond donors (Lipinski definition) is 0. The molecule has 0 aliphatic heterocycles. The molecule has 0 heterocycles. The predicted molar refractivity (Wildman–Crippen MR) is 163 cm³/mol. The van der Waals surface area contributed by atoms with Gasteiger partial charge in [0.25, 0.3) is 0 Å². The second kappa shape index (κ2) is 18.2. The van der Waals surface area contributed by atoms with Crippen LogP contribution in [-0.2, 0) is 16.1 Å². The van der Waals surface area contributed by atoms with E-state index in [1.807, 2.05) is 36.4 Å². The maximum Gasteiger partial charge on any atom is 0.343 e. The zero-order valence-corrected chi connectivity index (χ0v) is 24.7. The Balaban J connectivity index is 1.45. The monoisotopic (exact) mass is 574 g/mol. The summed E-state index contributed by atoms with van der Waals surface area (Å²) in [5.41, 5.74) is 1.31. The molecule has 0 amide bonds. The van der Waals surface area contributed by atoms with E-state index in [0.717, 1.165) is 55.4 Å². The lowest BCUT2D eigenvalue weighted by Crippen LogP contribution is -2.23. The van der Waals surface area contributed by atoms with Crippen molar-refractivity contribution in [1.29, 1.82) is 0 Å². The normalized spacial score (nSPS) is 11.3. The van der Waals surface area contributed by atoms with E-state index in [9.17, 15) is 9.59 Å². The molecule has 0 aliphatic rings. The maximum absolute atomic E-state index is 12.7. The Kier molecular flexibility index (Phi) is 14.0. The van der Waals surface area contributed by atoms with Gasteiger partial charge in [-0.15, -0.1) is 0 Å². The van der Waals surface area contributed by atoms with Crippen LogP contribution in [0.3, 0.4) is 0 Å². The molecule has 0 aromatic heterocycles. The van der Waals surface area contributed by atoms with Crippen molar-refractivity contribution in [3.8, 4) is 23.0 Å². The first kappa shape index (κ1) is 32.3. The third-order valence-electron chi connectivity index (χ3n) is 6.44. The number of benzene rings is 3. The third-order valence-corrected chi connectivity index (χ3v) is 6.44. The molecule has 0 saturated heterocycles. The predicted octanol–water partition coefficient (Wildman–Crippen LogP) is 8.46. The lowest BCUT2D eigenvalue weighted by Gasteiger charge is -2.18. The molecule has 7 nitrogen and oxygen atoms in total. The van der Waals surface area contributed by atoms with E-state index in [2.05, 4.69) is 20.4 Å².